The van der Waals surface area contributed by atoms with Crippen LogP contribution in [-0.2, 0) is 0 Å². The van der Waals surface area contributed by atoms with E-state index in [0.717, 1.165) is 11.5 Å². The van der Waals surface area contributed by atoms with Gasteiger partial charge in [0.2, 0.25) is 0 Å². The maximum Gasteiger partial charge on any atom is 0.145 e. The van der Waals surface area contributed by atoms with E-state index in [1.807, 2.05) is 0 Å². The highest BCUT2D eigenvalue weighted by Gasteiger charge is 2.27. The first-order chi connectivity index (χ1) is 17.8. The lowest BCUT2D eigenvalue weighted by atomic mass is 9.78. The van der Waals surface area contributed by atoms with Gasteiger partial charge >= 0.3 is 0 Å². The van der Waals surface area contributed by atoms with Gasteiger partial charge < -0.3 is 0 Å². The average molecular weight is 475 g/mol. The zero-order valence-corrected chi connectivity index (χ0v) is 21.6. The van der Waals surface area contributed by atoms with E-state index < -0.39 is 0 Å². The molecule has 2 nitrogen and oxygen atoms in total. The van der Waals surface area contributed by atoms with Crippen LogP contribution in [0.5, 0.6) is 0 Å². The largest absolute Gasteiger partial charge is 0.299 e. The van der Waals surface area contributed by atoms with Gasteiger partial charge in [-0.1, -0.05) is 111 Å². The number of hydrogen-bond donors (Lipinski definition) is 0. The molecule has 2 aliphatic carbocycles. The normalized spacial score (nSPS) is 17.4. The Kier molecular flexibility index (Phi) is 6.77. The van der Waals surface area contributed by atoms with Crippen LogP contribution in [0.25, 0.3) is 28.3 Å². The molecule has 36 heavy (non-hydrogen) atoms. The zero-order chi connectivity index (χ0) is 24.3. The Morgan fingerprint density at radius 2 is 1.22 bits per heavy atom. The van der Waals surface area contributed by atoms with E-state index in [-0.39, 0.29) is 0 Å². The van der Waals surface area contributed by atoms with E-state index in [2.05, 4.69) is 90.5 Å². The lowest BCUT2D eigenvalue weighted by Gasteiger charge is -2.30. The van der Waals surface area contributed by atoms with Gasteiger partial charge in [-0.15, -0.1) is 0 Å². The molecule has 1 aromatic heterocycles. The van der Waals surface area contributed by atoms with E-state index >= 15 is 0 Å². The molecule has 0 bridgehead atoms. The third kappa shape index (κ3) is 4.66. The fourth-order valence-electron chi connectivity index (χ4n) is 6.63. The van der Waals surface area contributed by atoms with Gasteiger partial charge in [-0.25, -0.2) is 4.98 Å². The molecule has 0 aliphatic heterocycles. The van der Waals surface area contributed by atoms with Crippen LogP contribution in [0.1, 0.15) is 92.7 Å². The molecule has 6 rings (SSSR count). The van der Waals surface area contributed by atoms with Crippen LogP contribution in [0, 0.1) is 6.92 Å². The number of para-hydroxylation sites is 1. The maximum absolute atomic E-state index is 5.30. The third-order valence-corrected chi connectivity index (χ3v) is 8.48. The smallest absolute Gasteiger partial charge is 0.145 e. The molecular weight excluding hydrogens is 436 g/mol. The number of hydrogen-bond acceptors (Lipinski definition) is 1. The molecule has 2 fully saturated rings. The van der Waals surface area contributed by atoms with Gasteiger partial charge in [-0.2, -0.15) is 0 Å². The summed E-state index contributed by atoms with van der Waals surface area (Å²) in [5.41, 5.74) is 9.23. The Hall–Kier alpha value is -3.13. The molecule has 2 saturated carbocycles. The van der Waals surface area contributed by atoms with Crippen LogP contribution in [0.15, 0.2) is 79.0 Å². The summed E-state index contributed by atoms with van der Waals surface area (Å²) < 4.78 is 2.47. The van der Waals surface area contributed by atoms with E-state index in [4.69, 9.17) is 4.98 Å². The van der Waals surface area contributed by atoms with Crippen molar-refractivity contribution >= 4 is 0 Å². The van der Waals surface area contributed by atoms with E-state index in [1.54, 1.807) is 11.1 Å². The van der Waals surface area contributed by atoms with Gasteiger partial charge in [0, 0.05) is 17.3 Å². The Morgan fingerprint density at radius 3 is 1.83 bits per heavy atom. The molecule has 0 amide bonds. The first-order valence-electron chi connectivity index (χ1n) is 14.1. The second-order valence-corrected chi connectivity index (χ2v) is 11.0. The second kappa shape index (κ2) is 10.5. The lowest BCUT2D eigenvalue weighted by molar-refractivity contribution is 0.434. The van der Waals surface area contributed by atoms with Crippen molar-refractivity contribution in [1.29, 1.82) is 0 Å². The summed E-state index contributed by atoms with van der Waals surface area (Å²) in [5, 5.41) is 0. The van der Waals surface area contributed by atoms with Gasteiger partial charge in [0.15, 0.2) is 0 Å². The molecule has 0 N–H and O–H groups in total. The Bertz CT molecular complexity index is 1270. The van der Waals surface area contributed by atoms with Gasteiger partial charge in [-0.05, 0) is 61.6 Å². The molecule has 0 atom stereocenters. The summed E-state index contributed by atoms with van der Waals surface area (Å²) in [6.07, 6.45) is 15.7. The first-order valence-corrected chi connectivity index (χ1v) is 14.1. The standard InChI is InChI=1S/C34H38N2/c1-25-13-11-20-29(23-25)32-24-36(34(35-32)28-18-9-4-10-19-28)33-30(26-14-5-2-6-15-26)21-12-22-31(33)27-16-7-3-8-17-27/h4,9-13,18-24,26-27H,2-3,5-8,14-17H2,1H3. The number of nitrogens with zero attached hydrogens (tertiary/aromatic N) is 2. The molecule has 0 saturated heterocycles. The molecule has 2 heteroatoms. The van der Waals surface area contributed by atoms with Crippen molar-refractivity contribution in [1.82, 2.24) is 9.55 Å². The number of rotatable bonds is 5. The number of imidazole rings is 1. The predicted molar refractivity (Wildman–Crippen MR) is 151 cm³/mol. The van der Waals surface area contributed by atoms with Crippen molar-refractivity contribution in [2.45, 2.75) is 83.0 Å². The van der Waals surface area contributed by atoms with Crippen LogP contribution in [0.2, 0.25) is 0 Å². The fourth-order valence-corrected chi connectivity index (χ4v) is 6.63. The zero-order valence-electron chi connectivity index (χ0n) is 21.6. The summed E-state index contributed by atoms with van der Waals surface area (Å²) >= 11 is 0. The van der Waals surface area contributed by atoms with Crippen molar-refractivity contribution in [2.75, 3.05) is 0 Å². The van der Waals surface area contributed by atoms with Crippen LogP contribution in [0.3, 0.4) is 0 Å². The Morgan fingerprint density at radius 1 is 0.639 bits per heavy atom. The van der Waals surface area contributed by atoms with Gasteiger partial charge in [0.05, 0.1) is 11.4 Å². The summed E-state index contributed by atoms with van der Waals surface area (Å²) in [6.45, 7) is 2.16. The number of aromatic nitrogens is 2. The SMILES string of the molecule is Cc1cccc(-c2cn(-c3c(C4CCCCC4)cccc3C3CCCCC3)c(-c3ccccc3)n2)c1. The topological polar surface area (TPSA) is 17.8 Å². The van der Waals surface area contributed by atoms with Gasteiger partial charge in [-0.3, -0.25) is 4.57 Å². The molecule has 0 radical (unpaired) electrons. The molecule has 3 aromatic carbocycles. The summed E-state index contributed by atoms with van der Waals surface area (Å²) in [7, 11) is 0. The Labute approximate surface area is 216 Å². The van der Waals surface area contributed by atoms with Crippen molar-refractivity contribution < 1.29 is 0 Å². The lowest BCUT2D eigenvalue weighted by Crippen LogP contribution is -2.14. The molecule has 184 valence electrons. The van der Waals surface area contributed by atoms with Crippen molar-refractivity contribution in [3.63, 3.8) is 0 Å². The number of aryl methyl sites for hydroxylation is 1. The molecule has 0 spiro atoms. The quantitative estimate of drug-likeness (QED) is 0.281. The average Bonchev–Trinajstić information content (AvgIpc) is 3.39. The van der Waals surface area contributed by atoms with Crippen molar-refractivity contribution in [3.05, 3.63) is 95.7 Å². The minimum absolute atomic E-state index is 0.644. The highest BCUT2D eigenvalue weighted by molar-refractivity contribution is 5.69. The first kappa shape index (κ1) is 23.3. The van der Waals surface area contributed by atoms with Crippen LogP contribution in [0.4, 0.5) is 0 Å². The van der Waals surface area contributed by atoms with E-state index in [1.165, 1.54) is 86.6 Å². The van der Waals surface area contributed by atoms with Crippen LogP contribution >= 0.6 is 0 Å². The third-order valence-electron chi connectivity index (χ3n) is 8.48. The predicted octanol–water partition coefficient (Wildman–Crippen LogP) is 9.61. The molecule has 1 heterocycles. The molecule has 0 unspecified atom stereocenters. The van der Waals surface area contributed by atoms with Crippen molar-refractivity contribution in [3.8, 4) is 28.3 Å². The number of benzene rings is 3. The summed E-state index contributed by atoms with van der Waals surface area (Å²) in [4.78, 5) is 5.30. The van der Waals surface area contributed by atoms with Crippen molar-refractivity contribution in [2.24, 2.45) is 0 Å². The fraction of sp³-hybridized carbons (Fsp3) is 0.382. The van der Waals surface area contributed by atoms with Crippen LogP contribution < -0.4 is 0 Å². The molecule has 4 aromatic rings. The summed E-state index contributed by atoms with van der Waals surface area (Å²) in [5.74, 6) is 2.35. The highest BCUT2D eigenvalue weighted by Crippen LogP contribution is 2.43. The van der Waals surface area contributed by atoms with Crippen LogP contribution in [-0.4, -0.2) is 9.55 Å². The highest BCUT2D eigenvalue weighted by atomic mass is 15.1. The minimum Gasteiger partial charge on any atom is -0.299 e. The van der Waals surface area contributed by atoms with Gasteiger partial charge in [0.25, 0.3) is 0 Å². The Balaban J connectivity index is 1.58. The molecular formula is C34H38N2. The molecule has 2 aliphatic rings. The maximum atomic E-state index is 5.30. The second-order valence-electron chi connectivity index (χ2n) is 11.0. The van der Waals surface area contributed by atoms with E-state index in [9.17, 15) is 0 Å². The monoisotopic (exact) mass is 474 g/mol. The van der Waals surface area contributed by atoms with Gasteiger partial charge in [0.1, 0.15) is 5.82 Å². The summed E-state index contributed by atoms with van der Waals surface area (Å²) in [6, 6.07) is 26.8. The minimum atomic E-state index is 0.644. The van der Waals surface area contributed by atoms with E-state index in [0.29, 0.717) is 11.8 Å².